The number of aryl methyl sites for hydroxylation is 1. The molecule has 0 saturated carbocycles. The number of carbonyl (C=O) groups excluding carboxylic acids is 1. The fourth-order valence-corrected chi connectivity index (χ4v) is 6.40. The molecule has 3 atom stereocenters. The highest BCUT2D eigenvalue weighted by atomic mass is 19.4. The Labute approximate surface area is 274 Å². The van der Waals surface area contributed by atoms with Gasteiger partial charge in [0.1, 0.15) is 5.82 Å². The fraction of sp³-hybridized carbons (Fsp3) is 0.371. The predicted molar refractivity (Wildman–Crippen MR) is 165 cm³/mol. The van der Waals surface area contributed by atoms with Gasteiger partial charge in [0.15, 0.2) is 0 Å². The largest absolute Gasteiger partial charge is 0.465 e. The van der Waals surface area contributed by atoms with E-state index in [1.165, 1.54) is 42.0 Å². The maximum Gasteiger partial charge on any atom is 0.416 e. The van der Waals surface area contributed by atoms with Crippen LogP contribution in [0.2, 0.25) is 0 Å². The van der Waals surface area contributed by atoms with Crippen LogP contribution in [0, 0.1) is 12.7 Å². The highest BCUT2D eigenvalue weighted by molar-refractivity contribution is 5.76. The number of alkyl halides is 6. The number of carboxylic acid groups (broad SMARTS) is 1. The summed E-state index contributed by atoms with van der Waals surface area (Å²) in [6.45, 7) is 6.81. The van der Waals surface area contributed by atoms with Gasteiger partial charge in [-0.3, -0.25) is 4.90 Å². The summed E-state index contributed by atoms with van der Waals surface area (Å²) in [5, 5.41) is 10.4. The van der Waals surface area contributed by atoms with Crippen molar-refractivity contribution in [2.24, 2.45) is 0 Å². The summed E-state index contributed by atoms with van der Waals surface area (Å²) in [4.78, 5) is 30.8. The Morgan fingerprint density at radius 3 is 2.15 bits per heavy atom. The van der Waals surface area contributed by atoms with Crippen molar-refractivity contribution in [1.82, 2.24) is 14.7 Å². The summed E-state index contributed by atoms with van der Waals surface area (Å²) in [6, 6.07) is 11.3. The molecule has 0 unspecified atom stereocenters. The van der Waals surface area contributed by atoms with Gasteiger partial charge >= 0.3 is 24.5 Å². The van der Waals surface area contributed by atoms with E-state index in [4.69, 9.17) is 0 Å². The van der Waals surface area contributed by atoms with Gasteiger partial charge in [0.05, 0.1) is 28.7 Å². The predicted octanol–water partition coefficient (Wildman–Crippen LogP) is 9.62. The molecule has 1 aliphatic rings. The Bertz CT molecular complexity index is 1610. The van der Waals surface area contributed by atoms with Gasteiger partial charge in [-0.2, -0.15) is 26.3 Å². The summed E-state index contributed by atoms with van der Waals surface area (Å²) in [5.41, 5.74) is -2.73. The van der Waals surface area contributed by atoms with Crippen LogP contribution in [-0.2, 0) is 18.9 Å². The van der Waals surface area contributed by atoms with Crippen LogP contribution in [0.5, 0.6) is 0 Å². The minimum Gasteiger partial charge on any atom is -0.465 e. The zero-order chi connectivity index (χ0) is 35.6. The molecule has 1 fully saturated rings. The first-order valence-corrected chi connectivity index (χ1v) is 15.1. The quantitative estimate of drug-likeness (QED) is 0.191. The average Bonchev–Trinajstić information content (AvgIpc) is 3.02. The van der Waals surface area contributed by atoms with Gasteiger partial charge in [-0.05, 0) is 85.7 Å². The Morgan fingerprint density at radius 2 is 1.62 bits per heavy atom. The molecule has 4 rings (SSSR count). The SMILES string of the molecule is C=CC[C@]1(N(Cc2ccccc2)C(=O)O)CCN(C(=O)N(C)[C@@H](C)c2cc(C(F)(F)F)cc(C(F)(F)F)c2)[C@@H](c2ccc(F)cc2C)C1. The summed E-state index contributed by atoms with van der Waals surface area (Å²) in [7, 11) is 1.28. The van der Waals surface area contributed by atoms with Gasteiger partial charge in [-0.25, -0.2) is 14.0 Å². The average molecular weight is 680 g/mol. The number of amides is 3. The molecule has 0 spiro atoms. The van der Waals surface area contributed by atoms with Crippen LogP contribution < -0.4 is 0 Å². The second kappa shape index (κ2) is 13.9. The van der Waals surface area contributed by atoms with E-state index in [1.54, 1.807) is 43.3 Å². The third kappa shape index (κ3) is 7.77. The van der Waals surface area contributed by atoms with Gasteiger partial charge in [0, 0.05) is 20.1 Å². The van der Waals surface area contributed by atoms with Gasteiger partial charge in [0.25, 0.3) is 0 Å². The molecule has 1 N–H and O–H groups in total. The van der Waals surface area contributed by atoms with E-state index < -0.39 is 59.0 Å². The molecule has 1 heterocycles. The first-order chi connectivity index (χ1) is 22.4. The molecule has 6 nitrogen and oxygen atoms in total. The third-order valence-electron chi connectivity index (χ3n) is 9.09. The van der Waals surface area contributed by atoms with E-state index in [2.05, 4.69) is 6.58 Å². The molecule has 13 heteroatoms. The van der Waals surface area contributed by atoms with E-state index >= 15 is 0 Å². The monoisotopic (exact) mass is 679 g/mol. The summed E-state index contributed by atoms with van der Waals surface area (Å²) < 4.78 is 95.9. The zero-order valence-electron chi connectivity index (χ0n) is 26.6. The molecule has 258 valence electrons. The maximum absolute atomic E-state index is 14.2. The van der Waals surface area contributed by atoms with Gasteiger partial charge in [-0.15, -0.1) is 6.58 Å². The second-order valence-electron chi connectivity index (χ2n) is 12.1. The number of benzene rings is 3. The normalized spacial score (nSPS) is 19.0. The van der Waals surface area contributed by atoms with E-state index in [9.17, 15) is 45.4 Å². The molecule has 1 saturated heterocycles. The van der Waals surface area contributed by atoms with Crippen LogP contribution in [0.15, 0.2) is 79.4 Å². The summed E-state index contributed by atoms with van der Waals surface area (Å²) >= 11 is 0. The molecule has 3 amide bonds. The maximum atomic E-state index is 14.2. The van der Waals surface area contributed by atoms with Crippen LogP contribution in [0.4, 0.5) is 40.3 Å². The van der Waals surface area contributed by atoms with Crippen molar-refractivity contribution in [3.05, 3.63) is 119 Å². The topological polar surface area (TPSA) is 64.1 Å². The van der Waals surface area contributed by atoms with Crippen molar-refractivity contribution in [3.63, 3.8) is 0 Å². The Balaban J connectivity index is 1.76. The molecule has 1 aliphatic heterocycles. The van der Waals surface area contributed by atoms with Crippen LogP contribution in [0.25, 0.3) is 0 Å². The van der Waals surface area contributed by atoms with Crippen LogP contribution in [0.1, 0.15) is 71.7 Å². The molecule has 0 radical (unpaired) electrons. The molecule has 3 aromatic carbocycles. The molecule has 0 aromatic heterocycles. The smallest absolute Gasteiger partial charge is 0.416 e. The van der Waals surface area contributed by atoms with Gasteiger partial charge in [-0.1, -0.05) is 42.5 Å². The number of nitrogens with zero attached hydrogens (tertiary/aromatic N) is 3. The molecule has 0 aliphatic carbocycles. The van der Waals surface area contributed by atoms with E-state index in [0.29, 0.717) is 23.3 Å². The Kier molecular flexibility index (Phi) is 10.5. The molecule has 0 bridgehead atoms. The van der Waals surface area contributed by atoms with Gasteiger partial charge in [0.2, 0.25) is 0 Å². The number of likely N-dealkylation sites (tertiary alicyclic amines) is 1. The first-order valence-electron chi connectivity index (χ1n) is 15.1. The molecule has 48 heavy (non-hydrogen) atoms. The van der Waals surface area contributed by atoms with Crippen LogP contribution in [0.3, 0.4) is 0 Å². The second-order valence-corrected chi connectivity index (χ2v) is 12.1. The van der Waals surface area contributed by atoms with E-state index in [1.807, 2.05) is 0 Å². The first kappa shape index (κ1) is 36.3. The van der Waals surface area contributed by atoms with Crippen molar-refractivity contribution in [2.45, 2.75) is 69.6 Å². The lowest BCUT2D eigenvalue weighted by Gasteiger charge is -2.52. The lowest BCUT2D eigenvalue weighted by atomic mass is 9.76. The van der Waals surface area contributed by atoms with E-state index in [-0.39, 0.29) is 44.0 Å². The van der Waals surface area contributed by atoms with Crippen molar-refractivity contribution in [1.29, 1.82) is 0 Å². The summed E-state index contributed by atoms with van der Waals surface area (Å²) in [5.74, 6) is -0.533. The van der Waals surface area contributed by atoms with Crippen molar-refractivity contribution >= 4 is 12.1 Å². The highest BCUT2D eigenvalue weighted by Gasteiger charge is 2.48. The van der Waals surface area contributed by atoms with Crippen molar-refractivity contribution in [2.75, 3.05) is 13.6 Å². The number of piperidine rings is 1. The number of carbonyl (C=O) groups is 2. The lowest BCUT2D eigenvalue weighted by Crippen LogP contribution is -2.59. The zero-order valence-corrected chi connectivity index (χ0v) is 26.6. The van der Waals surface area contributed by atoms with Crippen LogP contribution in [-0.4, -0.2) is 51.1 Å². The van der Waals surface area contributed by atoms with Crippen molar-refractivity contribution < 1.29 is 45.4 Å². The lowest BCUT2D eigenvalue weighted by molar-refractivity contribution is -0.143. The number of halogens is 7. The number of hydrogen-bond acceptors (Lipinski definition) is 2. The number of rotatable bonds is 8. The number of hydrogen-bond donors (Lipinski definition) is 1. The molecule has 3 aromatic rings. The Morgan fingerprint density at radius 1 is 1.02 bits per heavy atom. The summed E-state index contributed by atoms with van der Waals surface area (Å²) in [6.07, 6.45) is -9.34. The van der Waals surface area contributed by atoms with E-state index in [0.717, 1.165) is 10.5 Å². The minimum atomic E-state index is -5.07. The molecular formula is C35H36F7N3O3. The Hall–Kier alpha value is -4.55. The fourth-order valence-electron chi connectivity index (χ4n) is 6.40. The third-order valence-corrected chi connectivity index (χ3v) is 9.09. The minimum absolute atomic E-state index is 0.0266. The molecular weight excluding hydrogens is 643 g/mol. The van der Waals surface area contributed by atoms with Gasteiger partial charge < -0.3 is 14.9 Å². The standard InChI is InChI=1S/C35H36F7N3O3/c1-5-13-33(45(32(47)48)21-24-9-7-6-8-10-24)14-15-44(30(20-33)29-12-11-28(36)16-22(29)2)31(46)43(4)23(3)25-17-26(34(37,38)39)19-27(18-25)35(40,41)42/h5-12,16-19,23,30H,1,13-15,20-21H2,2-4H3,(H,47,48)/t23-,30+,33-/m0/s1. The number of urea groups is 1. The van der Waals surface area contributed by atoms with Crippen molar-refractivity contribution in [3.8, 4) is 0 Å². The highest BCUT2D eigenvalue weighted by Crippen LogP contribution is 2.45. The van der Waals surface area contributed by atoms with Crippen LogP contribution >= 0.6 is 0 Å².